The Labute approximate surface area is 90.8 Å². The maximum absolute atomic E-state index is 11.7. The molecule has 0 atom stereocenters. The van der Waals surface area contributed by atoms with E-state index in [0.717, 1.165) is 5.56 Å². The number of rotatable bonds is 3. The molecule has 2 nitrogen and oxygen atoms in total. The van der Waals surface area contributed by atoms with Crippen molar-refractivity contribution in [2.45, 2.75) is 20.8 Å². The van der Waals surface area contributed by atoms with Crippen LogP contribution in [0.4, 0.5) is 0 Å². The molecule has 0 saturated carbocycles. The summed E-state index contributed by atoms with van der Waals surface area (Å²) in [6.45, 7) is 5.93. The summed E-state index contributed by atoms with van der Waals surface area (Å²) in [6, 6.07) is 7.49. The number of carbonyl (C=O) groups is 1. The van der Waals surface area contributed by atoms with Crippen molar-refractivity contribution in [3.63, 3.8) is 0 Å². The molecule has 15 heavy (non-hydrogen) atoms. The Bertz CT molecular complexity index is 374. The van der Waals surface area contributed by atoms with E-state index in [4.69, 9.17) is 5.73 Å². The number of ketones is 1. The van der Waals surface area contributed by atoms with Crippen LogP contribution >= 0.6 is 0 Å². The van der Waals surface area contributed by atoms with Crippen molar-refractivity contribution in [2.24, 2.45) is 11.7 Å². The van der Waals surface area contributed by atoms with Gasteiger partial charge in [-0.2, -0.15) is 0 Å². The smallest absolute Gasteiger partial charge is 0.187 e. The Morgan fingerprint density at radius 1 is 1.27 bits per heavy atom. The molecule has 2 heteroatoms. The van der Waals surface area contributed by atoms with E-state index in [1.54, 1.807) is 0 Å². The number of hydrogen-bond acceptors (Lipinski definition) is 2. The van der Waals surface area contributed by atoms with E-state index in [1.165, 1.54) is 6.08 Å². The van der Waals surface area contributed by atoms with E-state index >= 15 is 0 Å². The first-order valence-corrected chi connectivity index (χ1v) is 5.08. The number of aryl methyl sites for hydroxylation is 1. The molecule has 1 rings (SSSR count). The summed E-state index contributed by atoms with van der Waals surface area (Å²) in [5.41, 5.74) is 8.18. The quantitative estimate of drug-likeness (QED) is 0.606. The van der Waals surface area contributed by atoms with Crippen LogP contribution in [-0.2, 0) is 0 Å². The van der Waals surface area contributed by atoms with E-state index in [1.807, 2.05) is 45.0 Å². The number of carbonyl (C=O) groups excluding carboxylic acids is 1. The largest absolute Gasteiger partial charge is 0.402 e. The molecular weight excluding hydrogens is 186 g/mol. The van der Waals surface area contributed by atoms with Crippen molar-refractivity contribution < 1.29 is 4.79 Å². The van der Waals surface area contributed by atoms with Gasteiger partial charge in [0.1, 0.15) is 0 Å². The second kappa shape index (κ2) is 4.78. The molecule has 0 bridgehead atoms. The van der Waals surface area contributed by atoms with Gasteiger partial charge in [0.05, 0.1) is 0 Å². The molecule has 0 spiro atoms. The molecule has 0 radical (unpaired) electrons. The van der Waals surface area contributed by atoms with E-state index in [2.05, 4.69) is 0 Å². The molecule has 80 valence electrons. The van der Waals surface area contributed by atoms with Crippen molar-refractivity contribution in [3.8, 4) is 0 Å². The third-order valence-corrected chi connectivity index (χ3v) is 2.30. The van der Waals surface area contributed by atoms with E-state index in [-0.39, 0.29) is 11.7 Å². The lowest BCUT2D eigenvalue weighted by Gasteiger charge is -2.04. The van der Waals surface area contributed by atoms with Crippen LogP contribution in [0.1, 0.15) is 29.8 Å². The minimum Gasteiger partial charge on any atom is -0.402 e. The van der Waals surface area contributed by atoms with Crippen molar-refractivity contribution in [1.29, 1.82) is 0 Å². The zero-order valence-corrected chi connectivity index (χ0v) is 9.45. The predicted molar refractivity (Wildman–Crippen MR) is 62.6 cm³/mol. The van der Waals surface area contributed by atoms with Gasteiger partial charge in [0.25, 0.3) is 0 Å². The average Bonchev–Trinajstić information content (AvgIpc) is 2.18. The number of benzene rings is 1. The van der Waals surface area contributed by atoms with Gasteiger partial charge in [0.15, 0.2) is 5.78 Å². The Balaban J connectivity index is 2.86. The van der Waals surface area contributed by atoms with Crippen LogP contribution in [0, 0.1) is 12.8 Å². The molecule has 2 N–H and O–H groups in total. The fourth-order valence-electron chi connectivity index (χ4n) is 1.12. The van der Waals surface area contributed by atoms with E-state index in [0.29, 0.717) is 11.3 Å². The van der Waals surface area contributed by atoms with Gasteiger partial charge in [-0.25, -0.2) is 0 Å². The molecule has 0 heterocycles. The van der Waals surface area contributed by atoms with Crippen LogP contribution in [0.5, 0.6) is 0 Å². The normalized spacial score (nSPS) is 11.9. The maximum Gasteiger partial charge on any atom is 0.187 e. The highest BCUT2D eigenvalue weighted by Crippen LogP contribution is 2.08. The van der Waals surface area contributed by atoms with Gasteiger partial charge in [-0.15, -0.1) is 0 Å². The lowest BCUT2D eigenvalue weighted by atomic mass is 10.0. The molecule has 0 aromatic heterocycles. The molecule has 0 amide bonds. The minimum atomic E-state index is -0.0267. The first-order chi connectivity index (χ1) is 7.00. The third kappa shape index (κ3) is 3.24. The van der Waals surface area contributed by atoms with Crippen LogP contribution < -0.4 is 5.73 Å². The summed E-state index contributed by atoms with van der Waals surface area (Å²) in [4.78, 5) is 11.7. The Kier molecular flexibility index (Phi) is 3.67. The van der Waals surface area contributed by atoms with Crippen LogP contribution in [0.2, 0.25) is 0 Å². The monoisotopic (exact) mass is 203 g/mol. The highest BCUT2D eigenvalue weighted by Gasteiger charge is 2.04. The summed E-state index contributed by atoms with van der Waals surface area (Å²) in [5.74, 6) is 0.181. The van der Waals surface area contributed by atoms with E-state index in [9.17, 15) is 4.79 Å². The van der Waals surface area contributed by atoms with Crippen LogP contribution in [0.25, 0.3) is 0 Å². The lowest BCUT2D eigenvalue weighted by Crippen LogP contribution is -2.08. The summed E-state index contributed by atoms with van der Waals surface area (Å²) in [7, 11) is 0. The second-order valence-electron chi connectivity index (χ2n) is 4.03. The van der Waals surface area contributed by atoms with Gasteiger partial charge in [-0.05, 0) is 12.8 Å². The van der Waals surface area contributed by atoms with Gasteiger partial charge >= 0.3 is 0 Å². The van der Waals surface area contributed by atoms with Crippen LogP contribution in [0.3, 0.4) is 0 Å². The highest BCUT2D eigenvalue weighted by atomic mass is 16.1. The fraction of sp³-hybridized carbons (Fsp3) is 0.308. The number of hydrogen-bond donors (Lipinski definition) is 1. The number of nitrogens with two attached hydrogens (primary N) is 1. The minimum absolute atomic E-state index is 0.0267. The van der Waals surface area contributed by atoms with Crippen molar-refractivity contribution in [3.05, 3.63) is 47.2 Å². The van der Waals surface area contributed by atoms with Crippen molar-refractivity contribution in [1.82, 2.24) is 0 Å². The molecule has 0 saturated heterocycles. The van der Waals surface area contributed by atoms with Gasteiger partial charge < -0.3 is 5.73 Å². The zero-order valence-electron chi connectivity index (χ0n) is 9.45. The maximum atomic E-state index is 11.7. The standard InChI is InChI=1S/C13H17NO/c1-9(2)12(14)8-13(15)11-6-4-10(3)5-7-11/h4-9H,14H2,1-3H3. The highest BCUT2D eigenvalue weighted by molar-refractivity contribution is 6.04. The molecule has 0 fully saturated rings. The molecular formula is C13H17NO. The van der Waals surface area contributed by atoms with E-state index < -0.39 is 0 Å². The molecule has 0 aliphatic heterocycles. The SMILES string of the molecule is Cc1ccc(C(=O)C=C(N)C(C)C)cc1. The summed E-state index contributed by atoms with van der Waals surface area (Å²) >= 11 is 0. The fourth-order valence-corrected chi connectivity index (χ4v) is 1.12. The topological polar surface area (TPSA) is 43.1 Å². The second-order valence-corrected chi connectivity index (χ2v) is 4.03. The van der Waals surface area contributed by atoms with Gasteiger partial charge in [0, 0.05) is 17.3 Å². The van der Waals surface area contributed by atoms with Gasteiger partial charge in [-0.1, -0.05) is 43.7 Å². The van der Waals surface area contributed by atoms with Gasteiger partial charge in [0.2, 0.25) is 0 Å². The molecule has 0 unspecified atom stereocenters. The van der Waals surface area contributed by atoms with Gasteiger partial charge in [-0.3, -0.25) is 4.79 Å². The van der Waals surface area contributed by atoms with Crippen LogP contribution in [0.15, 0.2) is 36.0 Å². The Morgan fingerprint density at radius 2 is 1.80 bits per heavy atom. The molecule has 0 aliphatic rings. The predicted octanol–water partition coefficient (Wildman–Crippen LogP) is 2.68. The summed E-state index contributed by atoms with van der Waals surface area (Å²) in [6.07, 6.45) is 1.51. The Hall–Kier alpha value is -1.57. The first-order valence-electron chi connectivity index (χ1n) is 5.08. The zero-order chi connectivity index (χ0) is 11.4. The average molecular weight is 203 g/mol. The summed E-state index contributed by atoms with van der Waals surface area (Å²) in [5, 5.41) is 0. The third-order valence-electron chi connectivity index (χ3n) is 2.30. The lowest BCUT2D eigenvalue weighted by molar-refractivity contribution is 0.104. The van der Waals surface area contributed by atoms with Crippen LogP contribution in [-0.4, -0.2) is 5.78 Å². The molecule has 1 aromatic rings. The first kappa shape index (κ1) is 11.5. The summed E-state index contributed by atoms with van der Waals surface area (Å²) < 4.78 is 0. The Morgan fingerprint density at radius 3 is 2.27 bits per heavy atom. The molecule has 0 aliphatic carbocycles. The molecule has 1 aromatic carbocycles. The van der Waals surface area contributed by atoms with Crippen molar-refractivity contribution in [2.75, 3.05) is 0 Å². The van der Waals surface area contributed by atoms with Crippen molar-refractivity contribution >= 4 is 5.78 Å². The number of allylic oxidation sites excluding steroid dienone is 2.